The van der Waals surface area contributed by atoms with E-state index in [0.717, 1.165) is 31.6 Å². The molecule has 0 bridgehead atoms. The number of esters is 1. The second kappa shape index (κ2) is 17.7. The molecule has 0 aromatic heterocycles. The topological polar surface area (TPSA) is 63.6 Å². The van der Waals surface area contributed by atoms with Gasteiger partial charge in [0, 0.05) is 0 Å². The summed E-state index contributed by atoms with van der Waals surface area (Å²) in [6, 6.07) is 6.27. The van der Waals surface area contributed by atoms with Gasteiger partial charge in [0.15, 0.2) is 0 Å². The number of hydrogen-bond donors (Lipinski definition) is 1. The summed E-state index contributed by atoms with van der Waals surface area (Å²) in [5, 5.41) is 9.29. The molecule has 0 aliphatic heterocycles. The Hall–Kier alpha value is -1.84. The highest BCUT2D eigenvalue weighted by Crippen LogP contribution is 2.18. The highest BCUT2D eigenvalue weighted by molar-refractivity contribution is 6.02. The molecule has 0 radical (unpaired) electrons. The molecule has 1 N–H and O–H groups in total. The van der Waals surface area contributed by atoms with Gasteiger partial charge in [0.2, 0.25) is 0 Å². The molecule has 1 unspecified atom stereocenters. The van der Waals surface area contributed by atoms with Crippen LogP contribution >= 0.6 is 0 Å². The first-order valence-electron chi connectivity index (χ1n) is 13.0. The number of ether oxygens (including phenoxy) is 1. The average molecular weight is 447 g/mol. The molecule has 0 amide bonds. The van der Waals surface area contributed by atoms with E-state index < -0.39 is 11.9 Å². The van der Waals surface area contributed by atoms with Crippen LogP contribution in [-0.4, -0.2) is 23.1 Å². The molecular weight excluding hydrogens is 400 g/mol. The smallest absolute Gasteiger partial charge is 0.339 e. The molecule has 182 valence electrons. The molecule has 0 heterocycles. The molecular formula is C28H46O4. The molecule has 1 rings (SSSR count). The van der Waals surface area contributed by atoms with Crippen LogP contribution in [0.3, 0.4) is 0 Å². The predicted octanol–water partition coefficient (Wildman–Crippen LogP) is 8.44. The Morgan fingerprint density at radius 1 is 0.750 bits per heavy atom. The fraction of sp³-hybridized carbons (Fsp3) is 0.714. The van der Waals surface area contributed by atoms with Gasteiger partial charge in [0.05, 0.1) is 11.1 Å². The van der Waals surface area contributed by atoms with Crippen LogP contribution in [0.25, 0.3) is 0 Å². The number of carboxylic acid groups (broad SMARTS) is 1. The summed E-state index contributed by atoms with van der Waals surface area (Å²) >= 11 is 0. The lowest BCUT2D eigenvalue weighted by atomic mass is 10.0. The lowest BCUT2D eigenvalue weighted by molar-refractivity contribution is 0.0248. The Kier molecular flexibility index (Phi) is 15.6. The zero-order chi connectivity index (χ0) is 23.6. The molecule has 1 atom stereocenters. The Balaban J connectivity index is 2.16. The third kappa shape index (κ3) is 12.9. The van der Waals surface area contributed by atoms with Crippen LogP contribution in [0.2, 0.25) is 0 Å². The van der Waals surface area contributed by atoms with Gasteiger partial charge >= 0.3 is 11.9 Å². The molecule has 1 aromatic rings. The van der Waals surface area contributed by atoms with Gasteiger partial charge in [-0.2, -0.15) is 0 Å². The van der Waals surface area contributed by atoms with Crippen molar-refractivity contribution in [3.63, 3.8) is 0 Å². The van der Waals surface area contributed by atoms with E-state index in [1.807, 2.05) is 0 Å². The SMILES string of the molecule is CCCC(CCCCCCCCCCCCCC(C)C)OC(=O)c1ccccc1C(=O)O. The third-order valence-corrected chi connectivity index (χ3v) is 6.07. The van der Waals surface area contributed by atoms with E-state index in [0.29, 0.717) is 0 Å². The van der Waals surface area contributed by atoms with Crippen molar-refractivity contribution in [2.45, 2.75) is 123 Å². The van der Waals surface area contributed by atoms with Crippen molar-refractivity contribution in [1.82, 2.24) is 0 Å². The maximum Gasteiger partial charge on any atom is 0.339 e. The number of carbonyl (C=O) groups excluding carboxylic acids is 1. The first kappa shape index (κ1) is 28.2. The Labute approximate surface area is 196 Å². The van der Waals surface area contributed by atoms with Crippen LogP contribution in [-0.2, 0) is 4.74 Å². The molecule has 1 aromatic carbocycles. The van der Waals surface area contributed by atoms with Crippen LogP contribution in [0.1, 0.15) is 138 Å². The van der Waals surface area contributed by atoms with Gasteiger partial charge in [-0.1, -0.05) is 110 Å². The average Bonchev–Trinajstić information content (AvgIpc) is 2.76. The zero-order valence-corrected chi connectivity index (χ0v) is 20.7. The van der Waals surface area contributed by atoms with Crippen molar-refractivity contribution in [1.29, 1.82) is 0 Å². The first-order chi connectivity index (χ1) is 15.5. The molecule has 0 aliphatic carbocycles. The summed E-state index contributed by atoms with van der Waals surface area (Å²) in [6.07, 6.45) is 18.2. The number of benzene rings is 1. The first-order valence-corrected chi connectivity index (χ1v) is 13.0. The quantitative estimate of drug-likeness (QED) is 0.171. The Morgan fingerprint density at radius 3 is 1.69 bits per heavy atom. The number of rotatable bonds is 19. The molecule has 32 heavy (non-hydrogen) atoms. The lowest BCUT2D eigenvalue weighted by Crippen LogP contribution is -2.20. The molecule has 0 saturated heterocycles. The second-order valence-electron chi connectivity index (χ2n) is 9.53. The maximum absolute atomic E-state index is 12.5. The standard InChI is InChI=1S/C28H46O4/c1-4-18-24(32-28(31)26-22-17-16-21-25(26)27(29)30)20-15-13-11-9-7-5-6-8-10-12-14-19-23(2)3/h16-17,21-24H,4-15,18-20H2,1-3H3,(H,29,30). The number of aromatic carboxylic acids is 1. The van der Waals surface area contributed by atoms with E-state index in [2.05, 4.69) is 20.8 Å². The minimum absolute atomic E-state index is 0.00306. The summed E-state index contributed by atoms with van der Waals surface area (Å²) in [6.45, 7) is 6.69. The van der Waals surface area contributed by atoms with Gasteiger partial charge in [0.25, 0.3) is 0 Å². The van der Waals surface area contributed by atoms with Crippen molar-refractivity contribution in [2.75, 3.05) is 0 Å². The van der Waals surface area contributed by atoms with Crippen molar-refractivity contribution in [3.8, 4) is 0 Å². The summed E-state index contributed by atoms with van der Waals surface area (Å²) in [7, 11) is 0. The van der Waals surface area contributed by atoms with Gasteiger partial charge in [-0.25, -0.2) is 9.59 Å². The van der Waals surface area contributed by atoms with E-state index in [4.69, 9.17) is 4.74 Å². The van der Waals surface area contributed by atoms with Crippen LogP contribution in [0, 0.1) is 5.92 Å². The van der Waals surface area contributed by atoms with Gasteiger partial charge in [-0.05, 0) is 37.3 Å². The molecule has 0 spiro atoms. The summed E-state index contributed by atoms with van der Waals surface area (Å²) < 4.78 is 5.68. The monoisotopic (exact) mass is 446 g/mol. The normalized spacial score (nSPS) is 12.1. The van der Waals surface area contributed by atoms with Crippen molar-refractivity contribution >= 4 is 11.9 Å². The molecule has 0 aliphatic rings. The van der Waals surface area contributed by atoms with E-state index >= 15 is 0 Å². The number of unbranched alkanes of at least 4 members (excludes halogenated alkanes) is 10. The summed E-state index contributed by atoms with van der Waals surface area (Å²) in [4.78, 5) is 23.9. The molecule has 4 nitrogen and oxygen atoms in total. The minimum atomic E-state index is -1.10. The largest absolute Gasteiger partial charge is 0.478 e. The number of carboxylic acids is 1. The van der Waals surface area contributed by atoms with E-state index in [-0.39, 0.29) is 17.2 Å². The van der Waals surface area contributed by atoms with Crippen LogP contribution in [0.5, 0.6) is 0 Å². The van der Waals surface area contributed by atoms with Crippen LogP contribution in [0.4, 0.5) is 0 Å². The van der Waals surface area contributed by atoms with Crippen LogP contribution < -0.4 is 0 Å². The summed E-state index contributed by atoms with van der Waals surface area (Å²) in [5.74, 6) is -0.783. The predicted molar refractivity (Wildman–Crippen MR) is 132 cm³/mol. The number of carbonyl (C=O) groups is 2. The lowest BCUT2D eigenvalue weighted by Gasteiger charge is -2.18. The molecule has 4 heteroatoms. The van der Waals surface area contributed by atoms with Gasteiger partial charge in [-0.3, -0.25) is 0 Å². The van der Waals surface area contributed by atoms with Gasteiger partial charge in [0.1, 0.15) is 6.10 Å². The maximum atomic E-state index is 12.5. The van der Waals surface area contributed by atoms with Crippen LogP contribution in [0.15, 0.2) is 24.3 Å². The Morgan fingerprint density at radius 2 is 1.22 bits per heavy atom. The second-order valence-corrected chi connectivity index (χ2v) is 9.53. The third-order valence-electron chi connectivity index (χ3n) is 6.07. The molecule has 0 saturated carbocycles. The van der Waals surface area contributed by atoms with Crippen molar-refractivity contribution < 1.29 is 19.4 Å². The van der Waals surface area contributed by atoms with Crippen molar-refractivity contribution in [2.24, 2.45) is 5.92 Å². The fourth-order valence-electron chi connectivity index (χ4n) is 4.16. The van der Waals surface area contributed by atoms with Gasteiger partial charge < -0.3 is 9.84 Å². The van der Waals surface area contributed by atoms with E-state index in [1.54, 1.807) is 12.1 Å². The molecule has 0 fully saturated rings. The Bertz CT molecular complexity index is 638. The summed E-state index contributed by atoms with van der Waals surface area (Å²) in [5.41, 5.74) is 0.143. The zero-order valence-electron chi connectivity index (χ0n) is 20.7. The fourth-order valence-corrected chi connectivity index (χ4v) is 4.16. The van der Waals surface area contributed by atoms with E-state index in [9.17, 15) is 14.7 Å². The highest BCUT2D eigenvalue weighted by Gasteiger charge is 2.20. The highest BCUT2D eigenvalue weighted by atomic mass is 16.5. The number of hydrogen-bond acceptors (Lipinski definition) is 3. The minimum Gasteiger partial charge on any atom is -0.478 e. The van der Waals surface area contributed by atoms with Crippen molar-refractivity contribution in [3.05, 3.63) is 35.4 Å². The van der Waals surface area contributed by atoms with Gasteiger partial charge in [-0.15, -0.1) is 0 Å². The van der Waals surface area contributed by atoms with E-state index in [1.165, 1.54) is 82.8 Å².